The lowest BCUT2D eigenvalue weighted by atomic mass is 9.80. The average Bonchev–Trinajstić information content (AvgIpc) is 3.45. The van der Waals surface area contributed by atoms with Crippen LogP contribution >= 0.6 is 0 Å². The molecular weight excluding hydrogens is 444 g/mol. The summed E-state index contributed by atoms with van der Waals surface area (Å²) < 4.78 is 59.9. The standard InChI is InChI=1S/C21H18F4N6O2/c1-13(19-9-31(29-28-19)15-3-5-16(6-4-15)33-20(24)25)21(32,10-30-12-26-11-27-30)17-7-2-14(22)8-18(17)23/h2-9,11-13,20,32H,10H2,1H3/t13-,21+/m0/s1. The second-order valence-corrected chi connectivity index (χ2v) is 7.32. The van der Waals surface area contributed by atoms with Gasteiger partial charge in [-0.1, -0.05) is 18.2 Å². The van der Waals surface area contributed by atoms with E-state index in [0.717, 1.165) is 6.07 Å². The first kappa shape index (κ1) is 22.4. The van der Waals surface area contributed by atoms with Crippen molar-refractivity contribution in [2.24, 2.45) is 0 Å². The number of benzene rings is 2. The Morgan fingerprint density at radius 3 is 2.52 bits per heavy atom. The van der Waals surface area contributed by atoms with Gasteiger partial charge >= 0.3 is 6.61 Å². The minimum Gasteiger partial charge on any atom is -0.435 e. The summed E-state index contributed by atoms with van der Waals surface area (Å²) in [4.78, 5) is 3.84. The molecule has 0 unspecified atom stereocenters. The second kappa shape index (κ2) is 8.98. The van der Waals surface area contributed by atoms with Gasteiger partial charge in [0.05, 0.1) is 24.1 Å². The summed E-state index contributed by atoms with van der Waals surface area (Å²) in [7, 11) is 0. The molecule has 172 valence electrons. The molecule has 0 radical (unpaired) electrons. The van der Waals surface area contributed by atoms with Crippen molar-refractivity contribution in [3.05, 3.63) is 84.2 Å². The molecule has 4 rings (SSSR count). The molecule has 1 N–H and O–H groups in total. The summed E-state index contributed by atoms with van der Waals surface area (Å²) in [5, 5.41) is 23.7. The monoisotopic (exact) mass is 462 g/mol. The maximum Gasteiger partial charge on any atom is 0.387 e. The Kier molecular flexibility index (Phi) is 6.09. The molecule has 0 fully saturated rings. The van der Waals surface area contributed by atoms with Crippen LogP contribution in [-0.4, -0.2) is 41.5 Å². The molecule has 0 spiro atoms. The Morgan fingerprint density at radius 1 is 1.12 bits per heavy atom. The molecule has 2 aromatic carbocycles. The largest absolute Gasteiger partial charge is 0.435 e. The molecule has 0 aliphatic carbocycles. The van der Waals surface area contributed by atoms with Gasteiger partial charge in [-0.3, -0.25) is 0 Å². The summed E-state index contributed by atoms with van der Waals surface area (Å²) in [5.74, 6) is -2.54. The number of halogens is 4. The fourth-order valence-corrected chi connectivity index (χ4v) is 3.48. The van der Waals surface area contributed by atoms with E-state index in [-0.39, 0.29) is 17.9 Å². The molecule has 2 atom stereocenters. The van der Waals surface area contributed by atoms with Gasteiger partial charge in [0.1, 0.15) is 35.6 Å². The van der Waals surface area contributed by atoms with Gasteiger partial charge in [0.15, 0.2) is 0 Å². The number of hydrogen-bond donors (Lipinski definition) is 1. The van der Waals surface area contributed by atoms with E-state index in [9.17, 15) is 22.7 Å². The van der Waals surface area contributed by atoms with E-state index in [2.05, 4.69) is 25.1 Å². The average molecular weight is 462 g/mol. The van der Waals surface area contributed by atoms with Crippen molar-refractivity contribution in [3.63, 3.8) is 0 Å². The number of aliphatic hydroxyl groups is 1. The predicted octanol–water partition coefficient (Wildman–Crippen LogP) is 3.43. The lowest BCUT2D eigenvalue weighted by Crippen LogP contribution is -2.38. The Labute approximate surface area is 185 Å². The highest BCUT2D eigenvalue weighted by Crippen LogP contribution is 2.39. The van der Waals surface area contributed by atoms with Gasteiger partial charge in [0, 0.05) is 17.5 Å². The van der Waals surface area contributed by atoms with Crippen LogP contribution in [0.25, 0.3) is 5.69 Å². The van der Waals surface area contributed by atoms with E-state index in [1.165, 1.54) is 58.5 Å². The van der Waals surface area contributed by atoms with E-state index >= 15 is 0 Å². The van der Waals surface area contributed by atoms with Crippen molar-refractivity contribution < 1.29 is 27.4 Å². The summed E-state index contributed by atoms with van der Waals surface area (Å²) >= 11 is 0. The van der Waals surface area contributed by atoms with Crippen molar-refractivity contribution in [2.75, 3.05) is 0 Å². The van der Waals surface area contributed by atoms with Crippen molar-refractivity contribution in [3.8, 4) is 11.4 Å². The lowest BCUT2D eigenvalue weighted by Gasteiger charge is -2.33. The van der Waals surface area contributed by atoms with E-state index < -0.39 is 29.8 Å². The first-order valence-electron chi connectivity index (χ1n) is 9.74. The Hall–Kier alpha value is -3.80. The van der Waals surface area contributed by atoms with Gasteiger partial charge in [-0.15, -0.1) is 5.10 Å². The quantitative estimate of drug-likeness (QED) is 0.404. The zero-order valence-electron chi connectivity index (χ0n) is 17.2. The van der Waals surface area contributed by atoms with E-state index in [1.807, 2.05) is 0 Å². The summed E-state index contributed by atoms with van der Waals surface area (Å²) in [6.07, 6.45) is 4.14. The van der Waals surface area contributed by atoms with Crippen LogP contribution in [0.1, 0.15) is 24.1 Å². The molecule has 0 amide bonds. The molecule has 0 aliphatic heterocycles. The normalized spacial score (nSPS) is 14.3. The molecule has 0 saturated heterocycles. The minimum atomic E-state index is -2.94. The maximum atomic E-state index is 14.7. The zero-order valence-corrected chi connectivity index (χ0v) is 17.2. The number of alkyl halides is 2. The minimum absolute atomic E-state index is 0.0172. The number of hydrogen-bond acceptors (Lipinski definition) is 6. The van der Waals surface area contributed by atoms with Crippen LogP contribution in [0.4, 0.5) is 17.6 Å². The topological polar surface area (TPSA) is 90.9 Å². The third-order valence-electron chi connectivity index (χ3n) is 5.26. The molecule has 2 heterocycles. The highest BCUT2D eigenvalue weighted by atomic mass is 19.3. The third-order valence-corrected chi connectivity index (χ3v) is 5.26. The molecule has 33 heavy (non-hydrogen) atoms. The van der Waals surface area contributed by atoms with Crippen molar-refractivity contribution >= 4 is 0 Å². The molecular formula is C21H18F4N6O2. The zero-order chi connectivity index (χ0) is 23.6. The van der Waals surface area contributed by atoms with E-state index in [0.29, 0.717) is 17.4 Å². The summed E-state index contributed by atoms with van der Waals surface area (Å²) in [6, 6.07) is 8.61. The molecule has 0 bridgehead atoms. The van der Waals surface area contributed by atoms with Gasteiger partial charge in [-0.05, 0) is 30.3 Å². The third kappa shape index (κ3) is 4.70. The Morgan fingerprint density at radius 2 is 1.88 bits per heavy atom. The predicted molar refractivity (Wildman–Crippen MR) is 107 cm³/mol. The summed E-state index contributed by atoms with van der Waals surface area (Å²) in [5.41, 5.74) is -1.24. The van der Waals surface area contributed by atoms with Crippen LogP contribution in [-0.2, 0) is 12.1 Å². The highest BCUT2D eigenvalue weighted by molar-refractivity contribution is 5.37. The van der Waals surface area contributed by atoms with Crippen LogP contribution < -0.4 is 4.74 Å². The van der Waals surface area contributed by atoms with E-state index in [1.54, 1.807) is 6.92 Å². The lowest BCUT2D eigenvalue weighted by molar-refractivity contribution is -0.0498. The fourth-order valence-electron chi connectivity index (χ4n) is 3.48. The van der Waals surface area contributed by atoms with Crippen LogP contribution in [0, 0.1) is 11.6 Å². The van der Waals surface area contributed by atoms with Crippen molar-refractivity contribution in [2.45, 2.75) is 31.6 Å². The summed E-state index contributed by atoms with van der Waals surface area (Å²) in [6.45, 7) is -1.51. The highest BCUT2D eigenvalue weighted by Gasteiger charge is 2.41. The first-order valence-corrected chi connectivity index (χ1v) is 9.74. The van der Waals surface area contributed by atoms with Crippen LogP contribution in [0.3, 0.4) is 0 Å². The first-order chi connectivity index (χ1) is 15.8. The molecule has 12 heteroatoms. The number of aromatic nitrogens is 6. The molecule has 0 saturated carbocycles. The van der Waals surface area contributed by atoms with Crippen molar-refractivity contribution in [1.82, 2.24) is 29.8 Å². The second-order valence-electron chi connectivity index (χ2n) is 7.32. The van der Waals surface area contributed by atoms with Gasteiger partial charge in [-0.2, -0.15) is 13.9 Å². The smallest absolute Gasteiger partial charge is 0.387 e. The molecule has 0 aliphatic rings. The fraction of sp³-hybridized carbons (Fsp3) is 0.238. The Balaban J connectivity index is 1.67. The van der Waals surface area contributed by atoms with Crippen LogP contribution in [0.15, 0.2) is 61.3 Å². The Bertz CT molecular complexity index is 1220. The van der Waals surface area contributed by atoms with E-state index in [4.69, 9.17) is 0 Å². The van der Waals surface area contributed by atoms with Crippen LogP contribution in [0.2, 0.25) is 0 Å². The van der Waals surface area contributed by atoms with Gasteiger partial charge in [0.25, 0.3) is 0 Å². The van der Waals surface area contributed by atoms with Gasteiger partial charge < -0.3 is 9.84 Å². The number of nitrogens with zero attached hydrogens (tertiary/aromatic N) is 6. The van der Waals surface area contributed by atoms with Gasteiger partial charge in [0.2, 0.25) is 0 Å². The molecule has 8 nitrogen and oxygen atoms in total. The molecule has 4 aromatic rings. The molecule has 2 aromatic heterocycles. The number of rotatable bonds is 8. The maximum absolute atomic E-state index is 14.7. The van der Waals surface area contributed by atoms with Crippen molar-refractivity contribution in [1.29, 1.82) is 0 Å². The number of ether oxygens (including phenoxy) is 1. The SMILES string of the molecule is C[C@@H](c1cn(-c2ccc(OC(F)F)cc2)nn1)[C@](O)(Cn1cncn1)c1ccc(F)cc1F. The van der Waals surface area contributed by atoms with Gasteiger partial charge in [-0.25, -0.2) is 23.1 Å². The van der Waals surface area contributed by atoms with Crippen LogP contribution in [0.5, 0.6) is 5.75 Å².